The lowest BCUT2D eigenvalue weighted by molar-refractivity contribution is 0.625. The Balaban J connectivity index is 1.95. The maximum absolute atomic E-state index is 13.6. The number of thiazole rings is 1. The van der Waals surface area contributed by atoms with E-state index in [1.165, 1.54) is 6.07 Å². The van der Waals surface area contributed by atoms with E-state index in [0.717, 1.165) is 19.7 Å². The third-order valence-electron chi connectivity index (χ3n) is 2.67. The monoisotopic (exact) mass is 333 g/mol. The van der Waals surface area contributed by atoms with E-state index in [1.807, 2.05) is 30.3 Å². The van der Waals surface area contributed by atoms with Crippen LogP contribution in [0.3, 0.4) is 0 Å². The summed E-state index contributed by atoms with van der Waals surface area (Å²) in [5.41, 5.74) is 1.52. The highest BCUT2D eigenvalue weighted by Gasteiger charge is 2.01. The van der Waals surface area contributed by atoms with E-state index in [2.05, 4.69) is 20.9 Å². The van der Waals surface area contributed by atoms with Crippen molar-refractivity contribution in [3.63, 3.8) is 0 Å². The highest BCUT2D eigenvalue weighted by atomic mass is 79.9. The molecule has 1 nitrogen and oxygen atoms in total. The normalized spacial score (nSPS) is 11.5. The van der Waals surface area contributed by atoms with Crippen LogP contribution in [0.25, 0.3) is 22.4 Å². The molecule has 0 aliphatic heterocycles. The molecule has 3 rings (SSSR count). The molecule has 0 radical (unpaired) electrons. The predicted octanol–water partition coefficient (Wildman–Crippen LogP) is 5.37. The highest BCUT2D eigenvalue weighted by Crippen LogP contribution is 2.24. The molecule has 4 heteroatoms. The first-order valence-corrected chi connectivity index (χ1v) is 7.32. The number of rotatable bonds is 2. The maximum Gasteiger partial charge on any atom is 0.130 e. The minimum Gasteiger partial charge on any atom is -0.237 e. The zero-order valence-corrected chi connectivity index (χ0v) is 12.2. The van der Waals surface area contributed by atoms with Gasteiger partial charge in [0.05, 0.1) is 10.2 Å². The van der Waals surface area contributed by atoms with E-state index >= 15 is 0 Å². The van der Waals surface area contributed by atoms with Crippen molar-refractivity contribution in [1.29, 1.82) is 0 Å². The SMILES string of the molecule is Fc1ccc(Br)cc1/C=C/c1nc2ccccc2s1. The molecule has 0 bridgehead atoms. The average Bonchev–Trinajstić information content (AvgIpc) is 2.82. The Labute approximate surface area is 122 Å². The summed E-state index contributed by atoms with van der Waals surface area (Å²) in [6, 6.07) is 12.8. The minimum atomic E-state index is -0.236. The zero-order valence-electron chi connectivity index (χ0n) is 9.81. The number of aromatic nitrogens is 1. The van der Waals surface area contributed by atoms with Gasteiger partial charge in [0.2, 0.25) is 0 Å². The summed E-state index contributed by atoms with van der Waals surface area (Å²) in [6.07, 6.45) is 3.59. The molecule has 0 unspecified atom stereocenters. The van der Waals surface area contributed by atoms with Crippen molar-refractivity contribution in [2.75, 3.05) is 0 Å². The molecule has 1 aromatic heterocycles. The largest absolute Gasteiger partial charge is 0.237 e. The van der Waals surface area contributed by atoms with Crippen molar-refractivity contribution in [3.8, 4) is 0 Å². The van der Waals surface area contributed by atoms with Gasteiger partial charge in [0.1, 0.15) is 10.8 Å². The summed E-state index contributed by atoms with van der Waals surface area (Å²) in [5, 5.41) is 0.876. The van der Waals surface area contributed by atoms with Crippen molar-refractivity contribution in [3.05, 3.63) is 63.3 Å². The van der Waals surface area contributed by atoms with Gasteiger partial charge in [-0.2, -0.15) is 0 Å². The Bertz CT molecular complexity index is 731. The van der Waals surface area contributed by atoms with E-state index in [-0.39, 0.29) is 5.82 Å². The van der Waals surface area contributed by atoms with Crippen molar-refractivity contribution in [1.82, 2.24) is 4.98 Å². The number of para-hydroxylation sites is 1. The van der Waals surface area contributed by atoms with Gasteiger partial charge < -0.3 is 0 Å². The topological polar surface area (TPSA) is 12.9 Å². The molecule has 0 amide bonds. The molecule has 0 atom stereocenters. The molecule has 2 aromatic carbocycles. The molecule has 1 heterocycles. The van der Waals surface area contributed by atoms with Crippen LogP contribution in [-0.4, -0.2) is 4.98 Å². The van der Waals surface area contributed by atoms with Gasteiger partial charge in [0.25, 0.3) is 0 Å². The van der Waals surface area contributed by atoms with Gasteiger partial charge >= 0.3 is 0 Å². The van der Waals surface area contributed by atoms with Crippen LogP contribution in [0.15, 0.2) is 46.9 Å². The number of fused-ring (bicyclic) bond motifs is 1. The number of benzene rings is 2. The van der Waals surface area contributed by atoms with Gasteiger partial charge in [-0.3, -0.25) is 0 Å². The fraction of sp³-hybridized carbons (Fsp3) is 0. The second kappa shape index (κ2) is 5.23. The molecule has 0 spiro atoms. The fourth-order valence-corrected chi connectivity index (χ4v) is 3.01. The van der Waals surface area contributed by atoms with Crippen molar-refractivity contribution in [2.45, 2.75) is 0 Å². The van der Waals surface area contributed by atoms with Crippen LogP contribution >= 0.6 is 27.3 Å². The second-order valence-corrected chi connectivity index (χ2v) is 6.00. The molecule has 0 saturated heterocycles. The van der Waals surface area contributed by atoms with Gasteiger partial charge in [-0.1, -0.05) is 28.1 Å². The Morgan fingerprint density at radius 3 is 2.79 bits per heavy atom. The zero-order chi connectivity index (χ0) is 13.2. The summed E-state index contributed by atoms with van der Waals surface area (Å²) < 4.78 is 15.6. The number of hydrogen-bond donors (Lipinski definition) is 0. The van der Waals surface area contributed by atoms with E-state index < -0.39 is 0 Å². The van der Waals surface area contributed by atoms with Crippen molar-refractivity contribution in [2.24, 2.45) is 0 Å². The van der Waals surface area contributed by atoms with Gasteiger partial charge in [0, 0.05) is 10.0 Å². The number of hydrogen-bond acceptors (Lipinski definition) is 2. The first kappa shape index (κ1) is 12.5. The summed E-state index contributed by atoms with van der Waals surface area (Å²) in [5.74, 6) is -0.236. The Morgan fingerprint density at radius 1 is 1.11 bits per heavy atom. The first-order valence-electron chi connectivity index (χ1n) is 5.71. The lowest BCUT2D eigenvalue weighted by Gasteiger charge is -1.96. The summed E-state index contributed by atoms with van der Waals surface area (Å²) in [4.78, 5) is 4.48. The molecule has 19 heavy (non-hydrogen) atoms. The summed E-state index contributed by atoms with van der Waals surface area (Å²) >= 11 is 4.93. The van der Waals surface area contributed by atoms with Crippen LogP contribution < -0.4 is 0 Å². The van der Waals surface area contributed by atoms with Crippen LogP contribution in [-0.2, 0) is 0 Å². The molecule has 0 fully saturated rings. The molecule has 0 aliphatic rings. The van der Waals surface area contributed by atoms with Crippen LogP contribution in [0.1, 0.15) is 10.6 Å². The summed E-state index contributed by atoms with van der Waals surface area (Å²) in [6.45, 7) is 0. The van der Waals surface area contributed by atoms with Crippen molar-refractivity contribution < 1.29 is 4.39 Å². The standard InChI is InChI=1S/C15H9BrFNS/c16-11-6-7-12(17)10(9-11)5-8-15-18-13-3-1-2-4-14(13)19-15/h1-9H/b8-5+. The predicted molar refractivity (Wildman–Crippen MR) is 82.6 cm³/mol. The quantitative estimate of drug-likeness (QED) is 0.614. The number of halogens is 2. The molecular weight excluding hydrogens is 325 g/mol. The highest BCUT2D eigenvalue weighted by molar-refractivity contribution is 9.10. The fourth-order valence-electron chi connectivity index (χ4n) is 1.76. The lowest BCUT2D eigenvalue weighted by Crippen LogP contribution is -1.80. The second-order valence-electron chi connectivity index (χ2n) is 4.02. The van der Waals surface area contributed by atoms with E-state index in [1.54, 1.807) is 29.5 Å². The third-order valence-corrected chi connectivity index (χ3v) is 4.17. The Kier molecular flexibility index (Phi) is 3.44. The van der Waals surface area contributed by atoms with Gasteiger partial charge in [-0.25, -0.2) is 9.37 Å². The molecule has 94 valence electrons. The van der Waals surface area contributed by atoms with Gasteiger partial charge in [-0.15, -0.1) is 11.3 Å². The first-order chi connectivity index (χ1) is 9.22. The van der Waals surface area contributed by atoms with Crippen molar-refractivity contribution >= 4 is 49.6 Å². The van der Waals surface area contributed by atoms with Crippen LogP contribution in [0.4, 0.5) is 4.39 Å². The van der Waals surface area contributed by atoms with Crippen LogP contribution in [0.2, 0.25) is 0 Å². The molecule has 0 saturated carbocycles. The smallest absolute Gasteiger partial charge is 0.130 e. The molecule has 0 N–H and O–H groups in total. The number of nitrogens with zero attached hydrogens (tertiary/aromatic N) is 1. The summed E-state index contributed by atoms with van der Waals surface area (Å²) in [7, 11) is 0. The van der Waals surface area contributed by atoms with E-state index in [9.17, 15) is 4.39 Å². The van der Waals surface area contributed by atoms with Gasteiger partial charge in [-0.05, 0) is 42.5 Å². The minimum absolute atomic E-state index is 0.236. The Hall–Kier alpha value is -1.52. The van der Waals surface area contributed by atoms with Gasteiger partial charge in [0.15, 0.2) is 0 Å². The van der Waals surface area contributed by atoms with E-state index in [4.69, 9.17) is 0 Å². The van der Waals surface area contributed by atoms with Crippen LogP contribution in [0, 0.1) is 5.82 Å². The maximum atomic E-state index is 13.6. The molecular formula is C15H9BrFNS. The van der Waals surface area contributed by atoms with Crippen LogP contribution in [0.5, 0.6) is 0 Å². The lowest BCUT2D eigenvalue weighted by atomic mass is 10.2. The average molecular weight is 334 g/mol. The molecule has 0 aliphatic carbocycles. The molecule has 3 aromatic rings. The Morgan fingerprint density at radius 2 is 1.95 bits per heavy atom. The van der Waals surface area contributed by atoms with E-state index in [0.29, 0.717) is 5.56 Å². The third kappa shape index (κ3) is 2.74.